The third kappa shape index (κ3) is 4.92. The Hall–Kier alpha value is -2.62. The van der Waals surface area contributed by atoms with E-state index in [-0.39, 0.29) is 22.9 Å². The lowest BCUT2D eigenvalue weighted by Crippen LogP contribution is -2.35. The van der Waals surface area contributed by atoms with E-state index in [1.807, 2.05) is 0 Å². The maximum Gasteiger partial charge on any atom is 0.414 e. The highest BCUT2D eigenvalue weighted by molar-refractivity contribution is 8.23. The SMILES string of the molecule is CCOC(=O)NC(=O)c1ccc(CS(O)(O)c2cccc[n+]2O)cc1. The van der Waals surface area contributed by atoms with E-state index in [1.54, 1.807) is 31.2 Å². The maximum atomic E-state index is 11.9. The molecule has 134 valence electrons. The number of nitrogens with one attached hydrogen (secondary N) is 1. The number of hydrogen-bond donors (Lipinski definition) is 4. The molecule has 25 heavy (non-hydrogen) atoms. The fourth-order valence-corrected chi connectivity index (χ4v) is 3.53. The van der Waals surface area contributed by atoms with Crippen LogP contribution in [0, 0.1) is 0 Å². The average molecular weight is 367 g/mol. The van der Waals surface area contributed by atoms with Gasteiger partial charge in [0.05, 0.1) is 12.4 Å². The van der Waals surface area contributed by atoms with Gasteiger partial charge in [0.25, 0.3) is 5.91 Å². The molecule has 0 spiro atoms. The molecule has 4 N–H and O–H groups in total. The smallest absolute Gasteiger partial charge is 0.414 e. The monoisotopic (exact) mass is 367 g/mol. The van der Waals surface area contributed by atoms with E-state index in [0.29, 0.717) is 10.3 Å². The van der Waals surface area contributed by atoms with Crippen molar-refractivity contribution in [2.45, 2.75) is 17.7 Å². The average Bonchev–Trinajstić information content (AvgIpc) is 2.55. The van der Waals surface area contributed by atoms with Crippen molar-refractivity contribution in [2.24, 2.45) is 0 Å². The van der Waals surface area contributed by atoms with Crippen molar-refractivity contribution in [3.63, 3.8) is 0 Å². The molecule has 0 aliphatic rings. The number of ether oxygens (including phenoxy) is 1. The second kappa shape index (κ2) is 7.97. The van der Waals surface area contributed by atoms with Gasteiger partial charge in [0.1, 0.15) is 0 Å². The molecule has 0 aliphatic heterocycles. The van der Waals surface area contributed by atoms with Crippen LogP contribution in [-0.4, -0.2) is 32.9 Å². The molecule has 0 bridgehead atoms. The summed E-state index contributed by atoms with van der Waals surface area (Å²) in [4.78, 5) is 23.1. The van der Waals surface area contributed by atoms with E-state index in [2.05, 4.69) is 10.1 Å². The fraction of sp³-hybridized carbons (Fsp3) is 0.188. The lowest BCUT2D eigenvalue weighted by molar-refractivity contribution is -0.933. The van der Waals surface area contributed by atoms with Crippen LogP contribution < -0.4 is 10.0 Å². The predicted molar refractivity (Wildman–Crippen MR) is 89.6 cm³/mol. The molecular formula is C16H19N2O6S+. The number of alkyl carbamates (subject to hydrolysis) is 1. The molecule has 0 saturated carbocycles. The van der Waals surface area contributed by atoms with Crippen LogP contribution in [0.15, 0.2) is 53.7 Å². The third-order valence-corrected chi connectivity index (χ3v) is 4.94. The first-order valence-corrected chi connectivity index (χ1v) is 9.08. The highest BCUT2D eigenvalue weighted by atomic mass is 32.3. The number of hydrogen-bond acceptors (Lipinski definition) is 6. The summed E-state index contributed by atoms with van der Waals surface area (Å²) in [5.41, 5.74) is 0.779. The Bertz CT molecular complexity index is 763. The maximum absolute atomic E-state index is 11.9. The first-order valence-electron chi connectivity index (χ1n) is 7.36. The van der Waals surface area contributed by atoms with Crippen LogP contribution in [0.1, 0.15) is 22.8 Å². The van der Waals surface area contributed by atoms with Crippen LogP contribution in [0.2, 0.25) is 0 Å². The van der Waals surface area contributed by atoms with Crippen molar-refractivity contribution in [3.05, 3.63) is 59.8 Å². The van der Waals surface area contributed by atoms with Crippen LogP contribution in [0.25, 0.3) is 0 Å². The molecule has 2 aromatic rings. The van der Waals surface area contributed by atoms with Crippen LogP contribution in [0.4, 0.5) is 4.79 Å². The molecule has 9 heteroatoms. The molecule has 2 amide bonds. The Labute approximate surface area is 146 Å². The quantitative estimate of drug-likeness (QED) is 0.476. The Kier molecular flexibility index (Phi) is 5.97. The fourth-order valence-electron chi connectivity index (χ4n) is 2.07. The zero-order valence-electron chi connectivity index (χ0n) is 13.5. The first kappa shape index (κ1) is 18.7. The minimum Gasteiger partial charge on any atom is -0.450 e. The van der Waals surface area contributed by atoms with Gasteiger partial charge >= 0.3 is 11.1 Å². The molecule has 2 rings (SSSR count). The van der Waals surface area contributed by atoms with Gasteiger partial charge in [0.15, 0.2) is 0 Å². The van der Waals surface area contributed by atoms with Crippen LogP contribution in [0.3, 0.4) is 0 Å². The van der Waals surface area contributed by atoms with Crippen molar-refractivity contribution in [3.8, 4) is 0 Å². The molecule has 0 aliphatic carbocycles. The summed E-state index contributed by atoms with van der Waals surface area (Å²) in [6, 6.07) is 10.5. The number of rotatable bonds is 5. The van der Waals surface area contributed by atoms with E-state index < -0.39 is 22.6 Å². The van der Waals surface area contributed by atoms with Crippen molar-refractivity contribution >= 4 is 22.6 Å². The van der Waals surface area contributed by atoms with E-state index in [9.17, 15) is 23.9 Å². The zero-order chi connectivity index (χ0) is 18.4. The van der Waals surface area contributed by atoms with Gasteiger partial charge in [-0.05, 0) is 30.7 Å². The number of amides is 2. The summed E-state index contributed by atoms with van der Waals surface area (Å²) in [6.45, 7) is 1.78. The number of pyridine rings is 1. The van der Waals surface area contributed by atoms with Crippen LogP contribution in [0.5, 0.6) is 0 Å². The third-order valence-electron chi connectivity index (χ3n) is 3.21. The number of carbonyl (C=O) groups is 2. The summed E-state index contributed by atoms with van der Waals surface area (Å²) < 4.78 is 25.9. The summed E-state index contributed by atoms with van der Waals surface area (Å²) >= 11 is 0. The Balaban J connectivity index is 2.08. The molecule has 1 aromatic carbocycles. The standard InChI is InChI=1S/C16H18N2O6S/c1-2-24-16(20)17-15(19)13-8-6-12(7-9-13)11-25(22,23)14-5-3-4-10-18(14)21/h3-10H,2,11H2,1H3,(H3-,17,19,20,21,22,23)/p+1. The van der Waals surface area contributed by atoms with Crippen molar-refractivity contribution in [1.82, 2.24) is 5.32 Å². The largest absolute Gasteiger partial charge is 0.450 e. The normalized spacial score (nSPS) is 11.6. The lowest BCUT2D eigenvalue weighted by Gasteiger charge is -2.27. The van der Waals surface area contributed by atoms with Crippen molar-refractivity contribution in [2.75, 3.05) is 6.61 Å². The van der Waals surface area contributed by atoms with Gasteiger partial charge < -0.3 is 4.74 Å². The van der Waals surface area contributed by atoms with Crippen molar-refractivity contribution < 1.29 is 33.4 Å². The minimum absolute atomic E-state index is 0.0147. The minimum atomic E-state index is -3.27. The van der Waals surface area contributed by atoms with Gasteiger partial charge in [-0.3, -0.25) is 24.4 Å². The van der Waals surface area contributed by atoms with Crippen LogP contribution >= 0.6 is 10.6 Å². The van der Waals surface area contributed by atoms with Gasteiger partial charge in [0, 0.05) is 22.4 Å². The summed E-state index contributed by atoms with van der Waals surface area (Å²) in [5.74, 6) is -0.745. The summed E-state index contributed by atoms with van der Waals surface area (Å²) in [5, 5.41) is 11.7. The molecular weight excluding hydrogens is 348 g/mol. The topological polar surface area (TPSA) is 120 Å². The number of imide groups is 1. The molecule has 8 nitrogen and oxygen atoms in total. The second-order valence-corrected chi connectivity index (χ2v) is 7.11. The van der Waals surface area contributed by atoms with E-state index in [0.717, 1.165) is 0 Å². The molecule has 0 unspecified atom stereocenters. The summed E-state index contributed by atoms with van der Waals surface area (Å²) in [6.07, 6.45) is 0.467. The molecule has 0 radical (unpaired) electrons. The molecule has 1 aromatic heterocycles. The highest BCUT2D eigenvalue weighted by Gasteiger charge is 2.27. The molecule has 0 saturated heterocycles. The van der Waals surface area contributed by atoms with E-state index >= 15 is 0 Å². The molecule has 1 heterocycles. The van der Waals surface area contributed by atoms with Gasteiger partial charge in [-0.1, -0.05) is 12.1 Å². The number of nitrogens with zero attached hydrogens (tertiary/aromatic N) is 1. The zero-order valence-corrected chi connectivity index (χ0v) is 14.3. The van der Waals surface area contributed by atoms with E-state index in [4.69, 9.17) is 0 Å². The molecule has 0 atom stereocenters. The van der Waals surface area contributed by atoms with E-state index in [1.165, 1.54) is 24.4 Å². The Morgan fingerprint density at radius 2 is 1.84 bits per heavy atom. The summed E-state index contributed by atoms with van der Waals surface area (Å²) in [7, 11) is -3.27. The second-order valence-electron chi connectivity index (χ2n) is 5.07. The number of benzene rings is 1. The Morgan fingerprint density at radius 3 is 2.44 bits per heavy atom. The van der Waals surface area contributed by atoms with Crippen LogP contribution in [-0.2, 0) is 10.5 Å². The highest BCUT2D eigenvalue weighted by Crippen LogP contribution is 2.48. The molecule has 0 fully saturated rings. The number of aromatic nitrogens is 1. The van der Waals surface area contributed by atoms with Gasteiger partial charge in [0.2, 0.25) is 6.20 Å². The predicted octanol–water partition coefficient (Wildman–Crippen LogP) is 2.41. The number of carbonyl (C=O) groups excluding carboxylic acids is 2. The Morgan fingerprint density at radius 1 is 1.16 bits per heavy atom. The lowest BCUT2D eigenvalue weighted by atomic mass is 10.1. The van der Waals surface area contributed by atoms with Gasteiger partial charge in [-0.15, -0.1) is 10.6 Å². The van der Waals surface area contributed by atoms with Gasteiger partial charge in [-0.25, -0.2) is 4.79 Å². The van der Waals surface area contributed by atoms with Crippen molar-refractivity contribution in [1.29, 1.82) is 0 Å². The van der Waals surface area contributed by atoms with Gasteiger partial charge in [-0.2, -0.15) is 0 Å². The first-order chi connectivity index (χ1) is 11.8.